The number of nitrogens with zero attached hydrogens (tertiary/aromatic N) is 1. The second-order valence-electron chi connectivity index (χ2n) is 7.25. The Hall–Kier alpha value is -3.76. The van der Waals surface area contributed by atoms with E-state index in [0.29, 0.717) is 11.3 Å². The van der Waals surface area contributed by atoms with Gasteiger partial charge in [0.15, 0.2) is 11.5 Å². The van der Waals surface area contributed by atoms with Gasteiger partial charge in [-0.15, -0.1) is 0 Å². The number of ether oxygens (including phenoxy) is 2. The molecule has 176 valence electrons. The third kappa shape index (κ3) is 4.71. The number of carbonyl (C=O) groups excluding carboxylic acids is 3. The summed E-state index contributed by atoms with van der Waals surface area (Å²) >= 11 is 0. The molecule has 0 bridgehead atoms. The number of imide groups is 1. The molecule has 0 radical (unpaired) electrons. The van der Waals surface area contributed by atoms with Crippen molar-refractivity contribution >= 4 is 17.8 Å². The van der Waals surface area contributed by atoms with Crippen molar-refractivity contribution in [2.24, 2.45) is 0 Å². The zero-order chi connectivity index (χ0) is 24.2. The smallest absolute Gasteiger partial charge is 0.440 e. The number of carbonyl (C=O) groups is 3. The molecule has 1 heterocycles. The molecule has 8 nitrogen and oxygen atoms in total. The Kier molecular flexibility index (Phi) is 6.80. The highest BCUT2D eigenvalue weighted by atomic mass is 19.4. The molecule has 0 aliphatic carbocycles. The Morgan fingerprint density at radius 3 is 2.33 bits per heavy atom. The van der Waals surface area contributed by atoms with Gasteiger partial charge in [-0.3, -0.25) is 19.8 Å². The zero-order valence-corrected chi connectivity index (χ0v) is 17.9. The van der Waals surface area contributed by atoms with E-state index in [1.807, 2.05) is 18.2 Å². The molecule has 1 saturated heterocycles. The summed E-state index contributed by atoms with van der Waals surface area (Å²) in [6.07, 6.45) is -4.59. The molecule has 1 fully saturated rings. The molecule has 0 spiro atoms. The quantitative estimate of drug-likeness (QED) is 0.585. The van der Waals surface area contributed by atoms with Crippen molar-refractivity contribution in [2.75, 3.05) is 20.8 Å². The monoisotopic (exact) mass is 465 g/mol. The van der Waals surface area contributed by atoms with Crippen molar-refractivity contribution in [3.05, 3.63) is 59.7 Å². The van der Waals surface area contributed by atoms with E-state index in [9.17, 15) is 27.6 Å². The molecule has 1 atom stereocenters. The second-order valence-corrected chi connectivity index (χ2v) is 7.25. The highest BCUT2D eigenvalue weighted by Gasteiger charge is 2.68. The maximum Gasteiger partial charge on any atom is 0.440 e. The largest absolute Gasteiger partial charge is 0.493 e. The van der Waals surface area contributed by atoms with Gasteiger partial charge in [-0.25, -0.2) is 4.79 Å². The van der Waals surface area contributed by atoms with Crippen molar-refractivity contribution in [1.82, 2.24) is 15.5 Å². The first-order chi connectivity index (χ1) is 15.6. The average Bonchev–Trinajstić information content (AvgIpc) is 3.04. The van der Waals surface area contributed by atoms with Crippen LogP contribution in [0.15, 0.2) is 48.5 Å². The van der Waals surface area contributed by atoms with E-state index >= 15 is 0 Å². The summed E-state index contributed by atoms with van der Waals surface area (Å²) < 4.78 is 52.1. The first-order valence-electron chi connectivity index (χ1n) is 9.92. The van der Waals surface area contributed by atoms with Gasteiger partial charge in [0.25, 0.3) is 17.5 Å². The minimum Gasteiger partial charge on any atom is -0.493 e. The van der Waals surface area contributed by atoms with Crippen LogP contribution in [-0.4, -0.2) is 55.3 Å². The van der Waals surface area contributed by atoms with Gasteiger partial charge < -0.3 is 14.8 Å². The number of alkyl halides is 3. The van der Waals surface area contributed by atoms with Crippen LogP contribution in [0.4, 0.5) is 18.0 Å². The lowest BCUT2D eigenvalue weighted by atomic mass is 10.1. The van der Waals surface area contributed by atoms with Crippen LogP contribution in [-0.2, 0) is 11.2 Å². The number of hydrogen-bond acceptors (Lipinski definition) is 5. The van der Waals surface area contributed by atoms with Crippen LogP contribution in [0, 0.1) is 0 Å². The van der Waals surface area contributed by atoms with Gasteiger partial charge in [0.2, 0.25) is 0 Å². The van der Waals surface area contributed by atoms with E-state index in [1.165, 1.54) is 26.4 Å². The Morgan fingerprint density at radius 2 is 1.73 bits per heavy atom. The lowest BCUT2D eigenvalue weighted by Crippen LogP contribution is -2.69. The molecule has 1 aliphatic rings. The van der Waals surface area contributed by atoms with E-state index in [2.05, 4.69) is 0 Å². The maximum atomic E-state index is 14.0. The molecule has 0 saturated carbocycles. The molecule has 1 aliphatic heterocycles. The molecule has 33 heavy (non-hydrogen) atoms. The van der Waals surface area contributed by atoms with Gasteiger partial charge in [-0.05, 0) is 36.6 Å². The number of aryl methyl sites for hydroxylation is 1. The molecule has 2 aromatic rings. The summed E-state index contributed by atoms with van der Waals surface area (Å²) in [5, 5.41) is 3.30. The topological polar surface area (TPSA) is 97.0 Å². The highest BCUT2D eigenvalue weighted by Crippen LogP contribution is 2.35. The lowest BCUT2D eigenvalue weighted by molar-refractivity contribution is -0.200. The van der Waals surface area contributed by atoms with Crippen LogP contribution in [0.3, 0.4) is 0 Å². The minimum atomic E-state index is -5.29. The summed E-state index contributed by atoms with van der Waals surface area (Å²) in [7, 11) is 2.65. The third-order valence-corrected chi connectivity index (χ3v) is 5.17. The van der Waals surface area contributed by atoms with Crippen LogP contribution in [0.25, 0.3) is 0 Å². The maximum absolute atomic E-state index is 14.0. The van der Waals surface area contributed by atoms with Gasteiger partial charge in [-0.1, -0.05) is 30.3 Å². The lowest BCUT2D eigenvalue weighted by Gasteiger charge is -2.30. The number of methoxy groups -OCH3 is 2. The van der Waals surface area contributed by atoms with Gasteiger partial charge in [0.05, 0.1) is 14.2 Å². The third-order valence-electron chi connectivity index (χ3n) is 5.17. The van der Waals surface area contributed by atoms with Gasteiger partial charge in [0.1, 0.15) is 0 Å². The fourth-order valence-corrected chi connectivity index (χ4v) is 3.43. The predicted octanol–water partition coefficient (Wildman–Crippen LogP) is 2.88. The van der Waals surface area contributed by atoms with E-state index in [0.717, 1.165) is 11.6 Å². The predicted molar refractivity (Wildman–Crippen MR) is 111 cm³/mol. The molecule has 0 aromatic heterocycles. The SMILES string of the molecule is COc1ccc(C(=O)N[C@]2(C(F)(F)F)NC(=O)N(CCCc3ccccc3)C2=O)cc1OC. The average molecular weight is 465 g/mol. The Morgan fingerprint density at radius 1 is 1.06 bits per heavy atom. The van der Waals surface area contributed by atoms with E-state index in [4.69, 9.17) is 9.47 Å². The summed E-state index contributed by atoms with van der Waals surface area (Å²) in [5.74, 6) is -2.46. The molecular weight excluding hydrogens is 443 g/mol. The summed E-state index contributed by atoms with van der Waals surface area (Å²) in [6.45, 7) is -0.246. The molecule has 11 heteroatoms. The van der Waals surface area contributed by atoms with Gasteiger partial charge >= 0.3 is 12.2 Å². The minimum absolute atomic E-state index is 0.107. The van der Waals surface area contributed by atoms with Crippen LogP contribution < -0.4 is 20.1 Å². The molecule has 0 unspecified atom stereocenters. The first-order valence-corrected chi connectivity index (χ1v) is 9.92. The van der Waals surface area contributed by atoms with E-state index in [1.54, 1.807) is 22.8 Å². The van der Waals surface area contributed by atoms with Crippen LogP contribution in [0.1, 0.15) is 22.3 Å². The van der Waals surface area contributed by atoms with Crippen molar-refractivity contribution in [3.63, 3.8) is 0 Å². The summed E-state index contributed by atoms with van der Waals surface area (Å²) in [5.41, 5.74) is -2.89. The van der Waals surface area contributed by atoms with Crippen LogP contribution >= 0.6 is 0 Å². The van der Waals surface area contributed by atoms with E-state index in [-0.39, 0.29) is 30.0 Å². The fourth-order valence-electron chi connectivity index (χ4n) is 3.43. The first kappa shape index (κ1) is 23.9. The van der Waals surface area contributed by atoms with Gasteiger partial charge in [0, 0.05) is 12.1 Å². The molecule has 2 aromatic carbocycles. The molecular formula is C22H22F3N3O5. The highest BCUT2D eigenvalue weighted by molar-refractivity contribution is 6.10. The normalized spacial score (nSPS) is 18.2. The number of amides is 4. The van der Waals surface area contributed by atoms with Crippen LogP contribution in [0.5, 0.6) is 11.5 Å². The van der Waals surface area contributed by atoms with Crippen molar-refractivity contribution < 1.29 is 37.0 Å². The van der Waals surface area contributed by atoms with Crippen molar-refractivity contribution in [1.29, 1.82) is 0 Å². The summed E-state index contributed by atoms with van der Waals surface area (Å²) in [6, 6.07) is 11.6. The second kappa shape index (κ2) is 9.39. The van der Waals surface area contributed by atoms with E-state index < -0.39 is 29.7 Å². The molecule has 2 N–H and O–H groups in total. The standard InChI is InChI=1S/C22H22F3N3O5/c1-32-16-11-10-15(13-17(16)33-2)18(29)26-21(22(23,24)25)19(30)28(20(31)27-21)12-6-9-14-7-4-3-5-8-14/h3-5,7-8,10-11,13H,6,9,12H2,1-2H3,(H,26,29)(H,27,31)/t21-/m0/s1. The number of urea groups is 1. The van der Waals surface area contributed by atoms with Crippen molar-refractivity contribution in [2.45, 2.75) is 24.7 Å². The Balaban J connectivity index is 1.80. The molecule has 4 amide bonds. The number of nitrogens with one attached hydrogen (secondary N) is 2. The van der Waals surface area contributed by atoms with Crippen LogP contribution in [0.2, 0.25) is 0 Å². The fraction of sp³-hybridized carbons (Fsp3) is 0.318. The van der Waals surface area contributed by atoms with Gasteiger partial charge in [-0.2, -0.15) is 13.2 Å². The molecule has 3 rings (SSSR count). The number of rotatable bonds is 8. The van der Waals surface area contributed by atoms with Crippen molar-refractivity contribution in [3.8, 4) is 11.5 Å². The number of hydrogen-bond donors (Lipinski definition) is 2. The Bertz CT molecular complexity index is 1050. The number of benzene rings is 2. The Labute approximate surface area is 187 Å². The summed E-state index contributed by atoms with van der Waals surface area (Å²) in [4.78, 5) is 38.2. The zero-order valence-electron chi connectivity index (χ0n) is 17.9. The number of halogens is 3.